The second-order valence-corrected chi connectivity index (χ2v) is 3.95. The number of allylic oxidation sites excluding steroid dienone is 1. The van der Waals surface area contributed by atoms with Gasteiger partial charge >= 0.3 is 0 Å². The van der Waals surface area contributed by atoms with E-state index in [1.165, 1.54) is 0 Å². The molecule has 0 saturated heterocycles. The quantitative estimate of drug-likeness (QED) is 0.787. The summed E-state index contributed by atoms with van der Waals surface area (Å²) < 4.78 is 11.3. The maximum Gasteiger partial charge on any atom is 0.133 e. The zero-order chi connectivity index (χ0) is 11.3. The van der Waals surface area contributed by atoms with Crippen molar-refractivity contribution in [3.05, 3.63) is 28.2 Å². The zero-order valence-corrected chi connectivity index (χ0v) is 10.9. The van der Waals surface area contributed by atoms with Crippen LogP contribution in [-0.2, 0) is 0 Å². The second kappa shape index (κ2) is 6.03. The predicted octanol–water partition coefficient (Wildman–Crippen LogP) is 3.72. The van der Waals surface area contributed by atoms with E-state index in [2.05, 4.69) is 15.9 Å². The summed E-state index contributed by atoms with van der Waals surface area (Å²) in [5.74, 6) is 2.02. The van der Waals surface area contributed by atoms with Crippen molar-refractivity contribution in [1.82, 2.24) is 0 Å². The molecule has 0 bridgehead atoms. The van der Waals surface area contributed by atoms with Crippen molar-refractivity contribution in [2.45, 2.75) is 0 Å². The van der Waals surface area contributed by atoms with Crippen molar-refractivity contribution < 1.29 is 9.47 Å². The first-order valence-corrected chi connectivity index (χ1v) is 5.69. The maximum absolute atomic E-state index is 5.58. The van der Waals surface area contributed by atoms with E-state index in [0.717, 1.165) is 21.5 Å². The lowest BCUT2D eigenvalue weighted by molar-refractivity contribution is 0.400. The van der Waals surface area contributed by atoms with Crippen LogP contribution >= 0.6 is 27.5 Å². The molecule has 0 aliphatic carbocycles. The number of ether oxygens (including phenoxy) is 2. The van der Waals surface area contributed by atoms with E-state index in [4.69, 9.17) is 21.1 Å². The Bertz CT molecular complexity index is 364. The van der Waals surface area contributed by atoms with Gasteiger partial charge in [0.1, 0.15) is 11.5 Å². The number of hydrogen-bond acceptors (Lipinski definition) is 2. The van der Waals surface area contributed by atoms with Gasteiger partial charge in [-0.25, -0.2) is 0 Å². The number of halogens is 2. The predicted molar refractivity (Wildman–Crippen MR) is 67.0 cm³/mol. The Morgan fingerprint density at radius 2 is 1.93 bits per heavy atom. The molecule has 4 heteroatoms. The topological polar surface area (TPSA) is 18.5 Å². The molecule has 0 N–H and O–H groups in total. The summed E-state index contributed by atoms with van der Waals surface area (Å²) in [6.07, 6.45) is 3.76. The molecule has 0 unspecified atom stereocenters. The molecule has 0 heterocycles. The van der Waals surface area contributed by atoms with E-state index >= 15 is 0 Å². The summed E-state index contributed by atoms with van der Waals surface area (Å²) in [5, 5.41) is 0. The zero-order valence-electron chi connectivity index (χ0n) is 8.59. The van der Waals surface area contributed by atoms with Gasteiger partial charge in [0.25, 0.3) is 0 Å². The Morgan fingerprint density at radius 1 is 1.27 bits per heavy atom. The summed E-state index contributed by atoms with van der Waals surface area (Å²) in [6.45, 7) is 0. The maximum atomic E-state index is 5.58. The van der Waals surface area contributed by atoms with Crippen LogP contribution in [0.5, 0.6) is 11.5 Å². The summed E-state index contributed by atoms with van der Waals surface area (Å²) in [5.41, 5.74) is 0.943. The molecule has 0 amide bonds. The van der Waals surface area contributed by atoms with Gasteiger partial charge in [0, 0.05) is 11.4 Å². The van der Waals surface area contributed by atoms with Gasteiger partial charge in [0.15, 0.2) is 0 Å². The van der Waals surface area contributed by atoms with Gasteiger partial charge in [0.2, 0.25) is 0 Å². The monoisotopic (exact) mass is 290 g/mol. The Morgan fingerprint density at radius 3 is 2.47 bits per heavy atom. The van der Waals surface area contributed by atoms with Gasteiger partial charge in [-0.2, -0.15) is 0 Å². The standard InChI is InChI=1S/C11H12BrClO2/c1-14-10-7-9(12)11(15-2)6-8(10)4-3-5-13/h3-4,6-7H,5H2,1-2H3. The largest absolute Gasteiger partial charge is 0.496 e. The third-order valence-electron chi connectivity index (χ3n) is 1.89. The van der Waals surface area contributed by atoms with Crippen molar-refractivity contribution in [1.29, 1.82) is 0 Å². The van der Waals surface area contributed by atoms with Crippen LogP contribution in [0.15, 0.2) is 22.7 Å². The van der Waals surface area contributed by atoms with Gasteiger partial charge < -0.3 is 9.47 Å². The number of methoxy groups -OCH3 is 2. The molecule has 0 aliphatic rings. The van der Waals surface area contributed by atoms with Crippen LogP contribution in [0.25, 0.3) is 6.08 Å². The normalized spacial score (nSPS) is 10.7. The van der Waals surface area contributed by atoms with Crippen LogP contribution < -0.4 is 9.47 Å². The molecular formula is C11H12BrClO2. The molecule has 0 fully saturated rings. The highest BCUT2D eigenvalue weighted by Crippen LogP contribution is 2.33. The van der Waals surface area contributed by atoms with Crippen LogP contribution in [0.3, 0.4) is 0 Å². The molecule has 2 nitrogen and oxygen atoms in total. The lowest BCUT2D eigenvalue weighted by Gasteiger charge is -2.09. The third kappa shape index (κ3) is 3.14. The number of rotatable bonds is 4. The van der Waals surface area contributed by atoms with Gasteiger partial charge in [0.05, 0.1) is 18.7 Å². The SMILES string of the molecule is COc1cc(C=CCCl)c(OC)cc1Br. The smallest absolute Gasteiger partial charge is 0.133 e. The van der Waals surface area contributed by atoms with Gasteiger partial charge in [-0.05, 0) is 28.1 Å². The fourth-order valence-corrected chi connectivity index (χ4v) is 1.76. The van der Waals surface area contributed by atoms with Crippen molar-refractivity contribution in [2.24, 2.45) is 0 Å². The van der Waals surface area contributed by atoms with E-state index in [0.29, 0.717) is 5.88 Å². The van der Waals surface area contributed by atoms with Gasteiger partial charge in [-0.3, -0.25) is 0 Å². The Balaban J connectivity index is 3.16. The number of alkyl halides is 1. The van der Waals surface area contributed by atoms with Crippen molar-refractivity contribution in [3.63, 3.8) is 0 Å². The molecular weight excluding hydrogens is 279 g/mol. The molecule has 1 rings (SSSR count). The van der Waals surface area contributed by atoms with Gasteiger partial charge in [-0.15, -0.1) is 11.6 Å². The minimum atomic E-state index is 0.474. The molecule has 15 heavy (non-hydrogen) atoms. The first kappa shape index (κ1) is 12.4. The molecule has 0 aromatic heterocycles. The number of benzene rings is 1. The summed E-state index contributed by atoms with van der Waals surface area (Å²) in [4.78, 5) is 0. The molecule has 0 spiro atoms. The van der Waals surface area contributed by atoms with E-state index < -0.39 is 0 Å². The first-order chi connectivity index (χ1) is 7.22. The van der Waals surface area contributed by atoms with E-state index in [-0.39, 0.29) is 0 Å². The summed E-state index contributed by atoms with van der Waals surface area (Å²) in [7, 11) is 3.26. The first-order valence-electron chi connectivity index (χ1n) is 4.37. The highest BCUT2D eigenvalue weighted by molar-refractivity contribution is 9.10. The van der Waals surface area contributed by atoms with Gasteiger partial charge in [-0.1, -0.05) is 12.2 Å². The molecule has 1 aromatic rings. The van der Waals surface area contributed by atoms with Crippen LogP contribution in [0.2, 0.25) is 0 Å². The van der Waals surface area contributed by atoms with Crippen LogP contribution in [0.4, 0.5) is 0 Å². The average molecular weight is 292 g/mol. The van der Waals surface area contributed by atoms with Crippen molar-refractivity contribution in [2.75, 3.05) is 20.1 Å². The molecule has 0 aliphatic heterocycles. The summed E-state index contributed by atoms with van der Waals surface area (Å²) in [6, 6.07) is 3.76. The van der Waals surface area contributed by atoms with Crippen LogP contribution in [0, 0.1) is 0 Å². The Hall–Kier alpha value is -0.670. The Labute approximate surface area is 103 Å². The molecule has 82 valence electrons. The highest BCUT2D eigenvalue weighted by atomic mass is 79.9. The molecule has 1 aromatic carbocycles. The lowest BCUT2D eigenvalue weighted by Crippen LogP contribution is -1.91. The lowest BCUT2D eigenvalue weighted by atomic mass is 10.2. The third-order valence-corrected chi connectivity index (χ3v) is 2.69. The fourth-order valence-electron chi connectivity index (χ4n) is 1.19. The summed E-state index contributed by atoms with van der Waals surface area (Å²) >= 11 is 8.98. The second-order valence-electron chi connectivity index (χ2n) is 2.79. The van der Waals surface area contributed by atoms with Crippen LogP contribution in [0.1, 0.15) is 5.56 Å². The molecule has 0 radical (unpaired) electrons. The average Bonchev–Trinajstić information content (AvgIpc) is 2.26. The van der Waals surface area contributed by atoms with E-state index in [1.54, 1.807) is 14.2 Å². The van der Waals surface area contributed by atoms with Crippen LogP contribution in [-0.4, -0.2) is 20.1 Å². The highest BCUT2D eigenvalue weighted by Gasteiger charge is 2.06. The Kier molecular flexibility index (Phi) is 4.99. The number of hydrogen-bond donors (Lipinski definition) is 0. The van der Waals surface area contributed by atoms with E-state index in [9.17, 15) is 0 Å². The molecule has 0 atom stereocenters. The molecule has 0 saturated carbocycles. The fraction of sp³-hybridized carbons (Fsp3) is 0.273. The minimum Gasteiger partial charge on any atom is -0.496 e. The van der Waals surface area contributed by atoms with Crippen molar-refractivity contribution >= 4 is 33.6 Å². The van der Waals surface area contributed by atoms with E-state index in [1.807, 2.05) is 24.3 Å². The van der Waals surface area contributed by atoms with Crippen molar-refractivity contribution in [3.8, 4) is 11.5 Å². The minimum absolute atomic E-state index is 0.474.